The van der Waals surface area contributed by atoms with Gasteiger partial charge in [0.1, 0.15) is 0 Å². The van der Waals surface area contributed by atoms with E-state index >= 15 is 0 Å². The van der Waals surface area contributed by atoms with Crippen molar-refractivity contribution in [1.29, 1.82) is 0 Å². The first-order valence-corrected chi connectivity index (χ1v) is 5.47. The van der Waals surface area contributed by atoms with Crippen LogP contribution in [0, 0.1) is 0 Å². The van der Waals surface area contributed by atoms with E-state index < -0.39 is 0 Å². The van der Waals surface area contributed by atoms with Gasteiger partial charge in [0.25, 0.3) is 0 Å². The van der Waals surface area contributed by atoms with E-state index in [1.54, 1.807) is 0 Å². The second-order valence-electron chi connectivity index (χ2n) is 3.80. The summed E-state index contributed by atoms with van der Waals surface area (Å²) in [5.41, 5.74) is 0. The largest absolute Gasteiger partial charge is 0.339 e. The van der Waals surface area contributed by atoms with Crippen LogP contribution in [-0.4, -0.2) is 62.0 Å². The number of hydrogen-bond acceptors (Lipinski definition) is 3. The summed E-state index contributed by atoms with van der Waals surface area (Å²) >= 11 is 5.58. The summed E-state index contributed by atoms with van der Waals surface area (Å²) < 4.78 is 0. The van der Waals surface area contributed by atoms with E-state index in [9.17, 15) is 4.79 Å². The second kappa shape index (κ2) is 6.10. The lowest BCUT2D eigenvalue weighted by molar-refractivity contribution is -0.131. The van der Waals surface area contributed by atoms with E-state index in [2.05, 4.69) is 23.8 Å². The molecule has 1 rings (SSSR count). The summed E-state index contributed by atoms with van der Waals surface area (Å²) in [5, 5.41) is 3.49. The SMILES string of the molecule is C=C(Cl)CNCC(=O)N1CCN(C)CC1. The van der Waals surface area contributed by atoms with Crippen molar-refractivity contribution in [3.8, 4) is 0 Å². The first-order valence-electron chi connectivity index (χ1n) is 5.10. The Hall–Kier alpha value is -0.580. The van der Waals surface area contributed by atoms with E-state index in [1.807, 2.05) is 4.90 Å². The molecule has 4 nitrogen and oxygen atoms in total. The maximum atomic E-state index is 11.7. The third-order valence-corrected chi connectivity index (χ3v) is 2.58. The zero-order chi connectivity index (χ0) is 11.3. The molecule has 0 bridgehead atoms. The lowest BCUT2D eigenvalue weighted by atomic mass is 10.3. The normalized spacial score (nSPS) is 17.9. The van der Waals surface area contributed by atoms with Crippen molar-refractivity contribution in [2.75, 3.05) is 46.3 Å². The number of nitrogens with zero attached hydrogens (tertiary/aromatic N) is 2. The number of carbonyl (C=O) groups is 1. The molecule has 1 heterocycles. The van der Waals surface area contributed by atoms with Crippen molar-refractivity contribution in [2.24, 2.45) is 0 Å². The van der Waals surface area contributed by atoms with E-state index in [0.29, 0.717) is 18.1 Å². The summed E-state index contributed by atoms with van der Waals surface area (Å²) in [6.07, 6.45) is 0. The highest BCUT2D eigenvalue weighted by Crippen LogP contribution is 1.99. The molecular formula is C10H18ClN3O. The standard InChI is InChI=1S/C10H18ClN3O/c1-9(11)7-12-8-10(15)14-5-3-13(2)4-6-14/h12H,1,3-8H2,2H3. The molecule has 0 radical (unpaired) electrons. The van der Waals surface area contributed by atoms with Crippen LogP contribution in [0.1, 0.15) is 0 Å². The number of halogens is 1. The van der Waals surface area contributed by atoms with E-state index in [-0.39, 0.29) is 5.91 Å². The molecule has 1 fully saturated rings. The summed E-state index contributed by atoms with van der Waals surface area (Å²) in [5.74, 6) is 0.140. The van der Waals surface area contributed by atoms with Gasteiger partial charge in [0.2, 0.25) is 5.91 Å². The van der Waals surface area contributed by atoms with Crippen LogP contribution in [0.3, 0.4) is 0 Å². The summed E-state index contributed by atoms with van der Waals surface area (Å²) in [6.45, 7) is 7.92. The first kappa shape index (κ1) is 12.5. The van der Waals surface area contributed by atoms with Crippen LogP contribution in [0.15, 0.2) is 11.6 Å². The number of rotatable bonds is 4. The quantitative estimate of drug-likeness (QED) is 0.746. The van der Waals surface area contributed by atoms with Crippen molar-refractivity contribution >= 4 is 17.5 Å². The molecule has 0 atom stereocenters. The molecule has 5 heteroatoms. The Morgan fingerprint density at radius 1 is 1.33 bits per heavy atom. The minimum absolute atomic E-state index is 0.140. The number of piperazine rings is 1. The highest BCUT2D eigenvalue weighted by Gasteiger charge is 2.18. The maximum absolute atomic E-state index is 11.7. The van der Waals surface area contributed by atoms with Gasteiger partial charge >= 0.3 is 0 Å². The molecule has 0 aromatic carbocycles. The van der Waals surface area contributed by atoms with Gasteiger partial charge in [0.15, 0.2) is 0 Å². The first-order chi connectivity index (χ1) is 7.09. The van der Waals surface area contributed by atoms with Gasteiger partial charge < -0.3 is 15.1 Å². The summed E-state index contributed by atoms with van der Waals surface area (Å²) in [4.78, 5) is 15.8. The monoisotopic (exact) mass is 231 g/mol. The molecule has 0 unspecified atom stereocenters. The van der Waals surface area contributed by atoms with Crippen molar-refractivity contribution in [2.45, 2.75) is 0 Å². The Balaban J connectivity index is 2.19. The number of likely N-dealkylation sites (N-methyl/N-ethyl adjacent to an activating group) is 1. The van der Waals surface area contributed by atoms with Crippen molar-refractivity contribution in [3.63, 3.8) is 0 Å². The van der Waals surface area contributed by atoms with Gasteiger partial charge in [0, 0.05) is 37.8 Å². The Labute approximate surface area is 95.9 Å². The average Bonchev–Trinajstić information content (AvgIpc) is 2.18. The van der Waals surface area contributed by atoms with Crippen LogP contribution in [0.2, 0.25) is 0 Å². The number of amides is 1. The van der Waals surface area contributed by atoms with Gasteiger partial charge in [-0.15, -0.1) is 0 Å². The Kier molecular flexibility index (Phi) is 5.08. The molecule has 0 aliphatic carbocycles. The van der Waals surface area contributed by atoms with Gasteiger partial charge in [0.05, 0.1) is 6.54 Å². The van der Waals surface area contributed by atoms with Gasteiger partial charge in [-0.3, -0.25) is 4.79 Å². The highest BCUT2D eigenvalue weighted by atomic mass is 35.5. The fraction of sp³-hybridized carbons (Fsp3) is 0.700. The molecule has 1 N–H and O–H groups in total. The van der Waals surface area contributed by atoms with Crippen LogP contribution < -0.4 is 5.32 Å². The van der Waals surface area contributed by atoms with E-state index in [0.717, 1.165) is 26.2 Å². The average molecular weight is 232 g/mol. The fourth-order valence-electron chi connectivity index (χ4n) is 1.47. The molecule has 0 saturated carbocycles. The fourth-order valence-corrected chi connectivity index (χ4v) is 1.57. The van der Waals surface area contributed by atoms with Crippen LogP contribution in [0.5, 0.6) is 0 Å². The Bertz CT molecular complexity index is 237. The van der Waals surface area contributed by atoms with Gasteiger partial charge in [-0.1, -0.05) is 18.2 Å². The molecule has 0 spiro atoms. The zero-order valence-corrected chi connectivity index (χ0v) is 9.89. The lowest BCUT2D eigenvalue weighted by Crippen LogP contribution is -2.49. The minimum atomic E-state index is 0.140. The smallest absolute Gasteiger partial charge is 0.236 e. The molecule has 1 amide bonds. The predicted molar refractivity (Wildman–Crippen MR) is 61.9 cm³/mol. The van der Waals surface area contributed by atoms with Crippen LogP contribution in [0.4, 0.5) is 0 Å². The van der Waals surface area contributed by atoms with Crippen LogP contribution in [0.25, 0.3) is 0 Å². The molecule has 1 saturated heterocycles. The van der Waals surface area contributed by atoms with Crippen molar-refractivity contribution in [1.82, 2.24) is 15.1 Å². The Morgan fingerprint density at radius 3 is 2.47 bits per heavy atom. The molecule has 1 aliphatic rings. The van der Waals surface area contributed by atoms with Crippen LogP contribution in [-0.2, 0) is 4.79 Å². The third kappa shape index (κ3) is 4.64. The number of carbonyl (C=O) groups excluding carboxylic acids is 1. The van der Waals surface area contributed by atoms with E-state index in [4.69, 9.17) is 11.6 Å². The summed E-state index contributed by atoms with van der Waals surface area (Å²) in [6, 6.07) is 0. The van der Waals surface area contributed by atoms with Gasteiger partial charge in [-0.25, -0.2) is 0 Å². The molecule has 0 aromatic rings. The second-order valence-corrected chi connectivity index (χ2v) is 4.34. The molecule has 1 aliphatic heterocycles. The molecule has 15 heavy (non-hydrogen) atoms. The zero-order valence-electron chi connectivity index (χ0n) is 9.13. The third-order valence-electron chi connectivity index (χ3n) is 2.45. The van der Waals surface area contributed by atoms with E-state index in [1.165, 1.54) is 0 Å². The van der Waals surface area contributed by atoms with Crippen molar-refractivity contribution < 1.29 is 4.79 Å². The van der Waals surface area contributed by atoms with Crippen molar-refractivity contribution in [3.05, 3.63) is 11.6 Å². The predicted octanol–water partition coefficient (Wildman–Crippen LogP) is 0.103. The van der Waals surface area contributed by atoms with Crippen LogP contribution >= 0.6 is 11.6 Å². The van der Waals surface area contributed by atoms with Gasteiger partial charge in [-0.05, 0) is 7.05 Å². The lowest BCUT2D eigenvalue weighted by Gasteiger charge is -2.32. The molecule has 86 valence electrons. The Morgan fingerprint density at radius 2 is 1.93 bits per heavy atom. The molecule has 0 aromatic heterocycles. The number of hydrogen-bond donors (Lipinski definition) is 1. The number of nitrogens with one attached hydrogen (secondary N) is 1. The van der Waals surface area contributed by atoms with Gasteiger partial charge in [-0.2, -0.15) is 0 Å². The minimum Gasteiger partial charge on any atom is -0.339 e. The summed E-state index contributed by atoms with van der Waals surface area (Å²) in [7, 11) is 2.07. The topological polar surface area (TPSA) is 35.6 Å². The maximum Gasteiger partial charge on any atom is 0.236 e. The highest BCUT2D eigenvalue weighted by molar-refractivity contribution is 6.29. The molecular weight excluding hydrogens is 214 g/mol.